The second kappa shape index (κ2) is 6.33. The van der Waals surface area contributed by atoms with Crippen LogP contribution in [0.5, 0.6) is 0 Å². The van der Waals surface area contributed by atoms with Crippen LogP contribution in [0.1, 0.15) is 16.4 Å². The summed E-state index contributed by atoms with van der Waals surface area (Å²) in [7, 11) is 0. The summed E-state index contributed by atoms with van der Waals surface area (Å²) in [5.74, 6) is 0.0119. The van der Waals surface area contributed by atoms with Gasteiger partial charge in [-0.15, -0.1) is 0 Å². The van der Waals surface area contributed by atoms with Gasteiger partial charge in [-0.05, 0) is 40.2 Å². The molecule has 22 heavy (non-hydrogen) atoms. The van der Waals surface area contributed by atoms with E-state index in [-0.39, 0.29) is 18.3 Å². The van der Waals surface area contributed by atoms with Crippen molar-refractivity contribution in [3.63, 3.8) is 0 Å². The number of hydrogen-bond acceptors (Lipinski definition) is 6. The van der Waals surface area contributed by atoms with Crippen molar-refractivity contribution in [2.45, 2.75) is 6.61 Å². The van der Waals surface area contributed by atoms with Gasteiger partial charge in [-0.3, -0.25) is 0 Å². The molecule has 0 saturated heterocycles. The largest absolute Gasteiger partial charge is 0.450 e. The van der Waals surface area contributed by atoms with Gasteiger partial charge in [-0.25, -0.2) is 4.79 Å². The highest BCUT2D eigenvalue weighted by Gasteiger charge is 2.15. The summed E-state index contributed by atoms with van der Waals surface area (Å²) in [6.45, 7) is -0.148. The minimum Gasteiger partial charge on any atom is -0.450 e. The van der Waals surface area contributed by atoms with E-state index in [0.717, 1.165) is 0 Å². The van der Waals surface area contributed by atoms with Gasteiger partial charge in [-0.1, -0.05) is 28.9 Å². The molecule has 0 N–H and O–H groups in total. The molecule has 0 aliphatic heterocycles. The number of rotatable bonds is 4. The van der Waals surface area contributed by atoms with Crippen molar-refractivity contribution in [2.75, 3.05) is 0 Å². The van der Waals surface area contributed by atoms with Crippen molar-refractivity contribution in [2.24, 2.45) is 0 Å². The van der Waals surface area contributed by atoms with Gasteiger partial charge in [0, 0.05) is 10.6 Å². The lowest BCUT2D eigenvalue weighted by atomic mass is 10.2. The summed E-state index contributed by atoms with van der Waals surface area (Å²) < 4.78 is 15.6. The van der Waals surface area contributed by atoms with Gasteiger partial charge in [0.1, 0.15) is 0 Å². The smallest absolute Gasteiger partial charge is 0.374 e. The minimum atomic E-state index is -0.617. The molecule has 0 spiro atoms. The Kier molecular flexibility index (Phi) is 4.26. The number of hydrogen-bond donors (Lipinski definition) is 0. The Balaban J connectivity index is 1.66. The second-order valence-electron chi connectivity index (χ2n) is 4.20. The normalized spacial score (nSPS) is 10.6. The molecule has 3 aromatic rings. The maximum Gasteiger partial charge on any atom is 0.374 e. The summed E-state index contributed by atoms with van der Waals surface area (Å²) in [5, 5.41) is 4.38. The number of halogens is 2. The lowest BCUT2D eigenvalue weighted by Gasteiger charge is -1.97. The van der Waals surface area contributed by atoms with Gasteiger partial charge < -0.3 is 13.7 Å². The monoisotopic (exact) mass is 382 g/mol. The maximum absolute atomic E-state index is 11.7. The van der Waals surface area contributed by atoms with E-state index in [0.29, 0.717) is 21.1 Å². The van der Waals surface area contributed by atoms with E-state index in [1.165, 1.54) is 6.07 Å². The fourth-order valence-electron chi connectivity index (χ4n) is 1.68. The Labute approximate surface area is 138 Å². The molecule has 0 amide bonds. The van der Waals surface area contributed by atoms with E-state index in [9.17, 15) is 4.79 Å². The van der Waals surface area contributed by atoms with E-state index < -0.39 is 5.97 Å². The van der Waals surface area contributed by atoms with Crippen LogP contribution in [0.3, 0.4) is 0 Å². The van der Waals surface area contributed by atoms with Crippen LogP contribution in [0.15, 0.2) is 50.0 Å². The van der Waals surface area contributed by atoms with Crippen LogP contribution in [-0.2, 0) is 11.3 Å². The average Bonchev–Trinajstić information content (AvgIpc) is 3.14. The molecule has 0 unspecified atom stereocenters. The standard InChI is InChI=1S/C14H8BrClN2O4/c15-11-5-4-10(21-11)14(19)20-7-12-17-13(18-22-12)8-2-1-3-9(16)6-8/h1-6H,7H2. The molecule has 0 aliphatic rings. The predicted molar refractivity (Wildman–Crippen MR) is 80.3 cm³/mol. The van der Waals surface area contributed by atoms with E-state index in [1.807, 2.05) is 0 Å². The summed E-state index contributed by atoms with van der Waals surface area (Å²) in [6, 6.07) is 10.1. The molecule has 6 nitrogen and oxygen atoms in total. The third-order valence-corrected chi connectivity index (χ3v) is 3.31. The van der Waals surface area contributed by atoms with Crippen molar-refractivity contribution in [3.05, 3.63) is 57.7 Å². The lowest BCUT2D eigenvalue weighted by Crippen LogP contribution is -2.04. The summed E-state index contributed by atoms with van der Waals surface area (Å²) in [6.07, 6.45) is 0. The van der Waals surface area contributed by atoms with Crippen molar-refractivity contribution in [3.8, 4) is 11.4 Å². The molecule has 112 valence electrons. The van der Waals surface area contributed by atoms with Crippen molar-refractivity contribution >= 4 is 33.5 Å². The molecule has 0 bridgehead atoms. The number of esters is 1. The molecule has 0 aliphatic carbocycles. The number of nitrogens with zero attached hydrogens (tertiary/aromatic N) is 2. The average molecular weight is 384 g/mol. The molecule has 0 saturated carbocycles. The molecular formula is C14H8BrClN2O4. The van der Waals surface area contributed by atoms with Crippen molar-refractivity contribution in [1.29, 1.82) is 0 Å². The van der Waals surface area contributed by atoms with Gasteiger partial charge in [0.05, 0.1) is 0 Å². The molecule has 0 atom stereocenters. The highest BCUT2D eigenvalue weighted by Crippen LogP contribution is 2.20. The molecule has 8 heteroatoms. The third-order valence-electron chi connectivity index (χ3n) is 2.65. The highest BCUT2D eigenvalue weighted by molar-refractivity contribution is 9.10. The summed E-state index contributed by atoms with van der Waals surface area (Å²) in [5.41, 5.74) is 0.712. The Morgan fingerprint density at radius 3 is 2.91 bits per heavy atom. The molecular weight excluding hydrogens is 376 g/mol. The van der Waals surface area contributed by atoms with Gasteiger partial charge in [0.15, 0.2) is 11.3 Å². The van der Waals surface area contributed by atoms with Gasteiger partial charge in [0.2, 0.25) is 11.6 Å². The van der Waals surface area contributed by atoms with E-state index in [4.69, 9.17) is 25.3 Å². The van der Waals surface area contributed by atoms with Gasteiger partial charge in [-0.2, -0.15) is 4.98 Å². The first-order valence-electron chi connectivity index (χ1n) is 6.13. The first-order valence-corrected chi connectivity index (χ1v) is 7.30. The maximum atomic E-state index is 11.7. The number of aromatic nitrogens is 2. The molecule has 0 radical (unpaired) electrons. The Bertz CT molecular complexity index is 815. The zero-order valence-electron chi connectivity index (χ0n) is 11.0. The van der Waals surface area contributed by atoms with Crippen LogP contribution in [0.2, 0.25) is 5.02 Å². The Morgan fingerprint density at radius 1 is 1.32 bits per heavy atom. The van der Waals surface area contributed by atoms with Crippen LogP contribution < -0.4 is 0 Å². The number of furan rings is 1. The van der Waals surface area contributed by atoms with Crippen LogP contribution in [-0.4, -0.2) is 16.1 Å². The fourth-order valence-corrected chi connectivity index (χ4v) is 2.18. The predicted octanol–water partition coefficient (Wildman–Crippen LogP) is 4.10. The first kappa shape index (κ1) is 14.8. The van der Waals surface area contributed by atoms with E-state index in [1.54, 1.807) is 30.3 Å². The summed E-state index contributed by atoms with van der Waals surface area (Å²) in [4.78, 5) is 15.8. The Hall–Kier alpha value is -2.12. The molecule has 1 aromatic carbocycles. The SMILES string of the molecule is O=C(OCc1nc(-c2cccc(Cl)c2)no1)c1ccc(Br)o1. The second-order valence-corrected chi connectivity index (χ2v) is 5.42. The Morgan fingerprint density at radius 2 is 2.18 bits per heavy atom. The zero-order valence-corrected chi connectivity index (χ0v) is 13.3. The summed E-state index contributed by atoms with van der Waals surface area (Å²) >= 11 is 9.01. The minimum absolute atomic E-state index is 0.0847. The molecule has 2 heterocycles. The number of ether oxygens (including phenoxy) is 1. The van der Waals surface area contributed by atoms with Gasteiger partial charge in [0.25, 0.3) is 5.89 Å². The van der Waals surface area contributed by atoms with Crippen molar-refractivity contribution < 1.29 is 18.5 Å². The van der Waals surface area contributed by atoms with Crippen molar-refractivity contribution in [1.82, 2.24) is 10.1 Å². The van der Waals surface area contributed by atoms with Crippen LogP contribution in [0.25, 0.3) is 11.4 Å². The third kappa shape index (κ3) is 3.37. The van der Waals surface area contributed by atoms with Crippen LogP contribution in [0, 0.1) is 0 Å². The number of carbonyl (C=O) groups is 1. The zero-order chi connectivity index (χ0) is 15.5. The topological polar surface area (TPSA) is 78.4 Å². The van der Waals surface area contributed by atoms with Gasteiger partial charge >= 0.3 is 5.97 Å². The molecule has 3 rings (SSSR count). The number of carbonyl (C=O) groups excluding carboxylic acids is 1. The first-order chi connectivity index (χ1) is 10.6. The van der Waals surface area contributed by atoms with Crippen LogP contribution in [0.4, 0.5) is 0 Å². The molecule has 0 fully saturated rings. The van der Waals surface area contributed by atoms with E-state index >= 15 is 0 Å². The quantitative estimate of drug-likeness (QED) is 0.631. The van der Waals surface area contributed by atoms with Crippen LogP contribution >= 0.6 is 27.5 Å². The molecule has 2 aromatic heterocycles. The van der Waals surface area contributed by atoms with E-state index in [2.05, 4.69) is 26.1 Å². The fraction of sp³-hybridized carbons (Fsp3) is 0.0714. The lowest BCUT2D eigenvalue weighted by molar-refractivity contribution is 0.0392. The number of benzene rings is 1. The highest BCUT2D eigenvalue weighted by atomic mass is 79.9.